The first-order valence-electron chi connectivity index (χ1n) is 5.78. The molecule has 0 aromatic heterocycles. The highest BCUT2D eigenvalue weighted by Gasteiger charge is 2.16. The Morgan fingerprint density at radius 1 is 1.40 bits per heavy atom. The largest absolute Gasteiger partial charge is 0.490 e. The minimum absolute atomic E-state index is 0.479. The lowest BCUT2D eigenvalue weighted by atomic mass is 9.97. The van der Waals surface area contributed by atoms with Crippen LogP contribution in [0.2, 0.25) is 0 Å². The molecular formula is C13H19NO. The van der Waals surface area contributed by atoms with E-state index in [2.05, 4.69) is 43.5 Å². The zero-order chi connectivity index (χ0) is 10.7. The van der Waals surface area contributed by atoms with Crippen LogP contribution in [0, 0.1) is 11.8 Å². The molecule has 0 radical (unpaired) electrons. The molecule has 0 bridgehead atoms. The molecule has 2 atom stereocenters. The van der Waals surface area contributed by atoms with Gasteiger partial charge in [0.15, 0.2) is 0 Å². The number of hydrogen-bond acceptors (Lipinski definition) is 2. The van der Waals surface area contributed by atoms with Gasteiger partial charge >= 0.3 is 0 Å². The van der Waals surface area contributed by atoms with Gasteiger partial charge in [0.2, 0.25) is 0 Å². The average molecular weight is 205 g/mol. The van der Waals surface area contributed by atoms with Gasteiger partial charge in [-0.25, -0.2) is 0 Å². The number of fused-ring (bicyclic) bond motifs is 1. The van der Waals surface area contributed by atoms with Crippen LogP contribution in [-0.4, -0.2) is 13.2 Å². The predicted molar refractivity (Wildman–Crippen MR) is 62.2 cm³/mol. The van der Waals surface area contributed by atoms with Gasteiger partial charge in [-0.1, -0.05) is 32.1 Å². The van der Waals surface area contributed by atoms with E-state index in [-0.39, 0.29) is 0 Å². The molecule has 1 saturated heterocycles. The van der Waals surface area contributed by atoms with E-state index in [1.165, 1.54) is 0 Å². The van der Waals surface area contributed by atoms with Crippen molar-refractivity contribution in [3.05, 3.63) is 35.8 Å². The lowest BCUT2D eigenvalue weighted by Crippen LogP contribution is -2.28. The summed E-state index contributed by atoms with van der Waals surface area (Å²) in [5.74, 6) is 2.02. The molecule has 82 valence electrons. The van der Waals surface area contributed by atoms with Gasteiger partial charge in [0.25, 0.3) is 0 Å². The molecule has 2 rings (SSSR count). The van der Waals surface area contributed by atoms with E-state index in [1.807, 2.05) is 0 Å². The minimum Gasteiger partial charge on any atom is -0.490 e. The van der Waals surface area contributed by atoms with Crippen LogP contribution in [0.25, 0.3) is 0 Å². The summed E-state index contributed by atoms with van der Waals surface area (Å²) in [6.45, 7) is 6.10. The average Bonchev–Trinajstić information content (AvgIpc) is 2.23. The fourth-order valence-corrected chi connectivity index (χ4v) is 1.93. The highest BCUT2D eigenvalue weighted by molar-refractivity contribution is 5.30. The predicted octanol–water partition coefficient (Wildman–Crippen LogP) is 2.61. The van der Waals surface area contributed by atoms with Crippen molar-refractivity contribution in [1.29, 1.82) is 0 Å². The Balaban J connectivity index is 2.30. The molecule has 0 aromatic rings. The van der Waals surface area contributed by atoms with Gasteiger partial charge in [-0.3, -0.25) is 0 Å². The van der Waals surface area contributed by atoms with Gasteiger partial charge in [0.1, 0.15) is 12.4 Å². The summed E-state index contributed by atoms with van der Waals surface area (Å²) in [4.78, 5) is 0. The number of allylic oxidation sites excluding steroid dienone is 4. The second-order valence-corrected chi connectivity index (χ2v) is 4.20. The summed E-state index contributed by atoms with van der Waals surface area (Å²) < 4.78 is 5.69. The van der Waals surface area contributed by atoms with Crippen LogP contribution in [0.5, 0.6) is 0 Å². The van der Waals surface area contributed by atoms with Gasteiger partial charge < -0.3 is 10.1 Å². The van der Waals surface area contributed by atoms with Crippen molar-refractivity contribution >= 4 is 0 Å². The van der Waals surface area contributed by atoms with Crippen LogP contribution < -0.4 is 5.32 Å². The Labute approximate surface area is 91.7 Å². The maximum Gasteiger partial charge on any atom is 0.138 e. The Morgan fingerprint density at radius 3 is 3.07 bits per heavy atom. The van der Waals surface area contributed by atoms with Crippen molar-refractivity contribution in [2.24, 2.45) is 11.8 Å². The quantitative estimate of drug-likeness (QED) is 0.664. The molecule has 15 heavy (non-hydrogen) atoms. The number of nitrogens with one attached hydrogen (secondary N) is 1. The summed E-state index contributed by atoms with van der Waals surface area (Å²) in [5.41, 5.74) is 1.16. The Hall–Kier alpha value is -1.18. The molecule has 0 saturated carbocycles. The van der Waals surface area contributed by atoms with Crippen molar-refractivity contribution < 1.29 is 4.74 Å². The standard InChI is InChI=1S/C13H19NO/c1-3-11-5-4-10(2)8-12-13(9-11)15-7-6-14-12/h4-5,8-11,14H,3,6-7H2,1-2H3/b5-4-,12-8+,13-9+. The third kappa shape index (κ3) is 2.44. The van der Waals surface area contributed by atoms with Crippen molar-refractivity contribution in [2.45, 2.75) is 20.3 Å². The molecule has 0 amide bonds. The first kappa shape index (κ1) is 10.3. The molecule has 2 nitrogen and oxygen atoms in total. The highest BCUT2D eigenvalue weighted by Crippen LogP contribution is 2.23. The summed E-state index contributed by atoms with van der Waals surface area (Å²) in [7, 11) is 0. The van der Waals surface area contributed by atoms with Crippen LogP contribution in [0.1, 0.15) is 20.3 Å². The second kappa shape index (κ2) is 4.56. The molecule has 1 fully saturated rings. The van der Waals surface area contributed by atoms with Crippen molar-refractivity contribution in [3.8, 4) is 0 Å². The minimum atomic E-state index is 0.479. The van der Waals surface area contributed by atoms with E-state index in [9.17, 15) is 0 Å². The molecule has 1 aliphatic carbocycles. The molecular weight excluding hydrogens is 186 g/mol. The summed E-state index contributed by atoms with van der Waals surface area (Å²) in [5, 5.41) is 3.40. The van der Waals surface area contributed by atoms with E-state index in [0.29, 0.717) is 11.8 Å². The van der Waals surface area contributed by atoms with Crippen LogP contribution in [-0.2, 0) is 4.74 Å². The molecule has 1 heterocycles. The van der Waals surface area contributed by atoms with E-state index >= 15 is 0 Å². The van der Waals surface area contributed by atoms with Gasteiger partial charge in [-0.15, -0.1) is 0 Å². The van der Waals surface area contributed by atoms with Crippen LogP contribution in [0.3, 0.4) is 0 Å². The maximum atomic E-state index is 5.69. The van der Waals surface area contributed by atoms with Crippen molar-refractivity contribution in [2.75, 3.05) is 13.2 Å². The normalized spacial score (nSPS) is 39.1. The topological polar surface area (TPSA) is 21.3 Å². The van der Waals surface area contributed by atoms with Crippen molar-refractivity contribution in [3.63, 3.8) is 0 Å². The fourth-order valence-electron chi connectivity index (χ4n) is 1.93. The van der Waals surface area contributed by atoms with Crippen LogP contribution >= 0.6 is 0 Å². The van der Waals surface area contributed by atoms with Gasteiger partial charge in [-0.2, -0.15) is 0 Å². The number of hydrogen-bond donors (Lipinski definition) is 1. The third-order valence-electron chi connectivity index (χ3n) is 2.87. The highest BCUT2D eigenvalue weighted by atomic mass is 16.5. The Morgan fingerprint density at radius 2 is 2.27 bits per heavy atom. The van der Waals surface area contributed by atoms with E-state index in [0.717, 1.165) is 31.0 Å². The first-order chi connectivity index (χ1) is 7.29. The zero-order valence-electron chi connectivity index (χ0n) is 9.49. The van der Waals surface area contributed by atoms with E-state index < -0.39 is 0 Å². The molecule has 0 aromatic carbocycles. The van der Waals surface area contributed by atoms with Gasteiger partial charge in [-0.05, 0) is 24.3 Å². The van der Waals surface area contributed by atoms with Crippen LogP contribution in [0.15, 0.2) is 35.8 Å². The Bertz CT molecular complexity index is 314. The SMILES string of the molecule is CCC1/C=C\C(C)/C=C2/NCCO/C2=C/1. The first-order valence-corrected chi connectivity index (χ1v) is 5.78. The van der Waals surface area contributed by atoms with Gasteiger partial charge in [0.05, 0.1) is 5.70 Å². The summed E-state index contributed by atoms with van der Waals surface area (Å²) in [6, 6.07) is 0. The van der Waals surface area contributed by atoms with Crippen molar-refractivity contribution in [1.82, 2.24) is 5.32 Å². The van der Waals surface area contributed by atoms with Crippen LogP contribution in [0.4, 0.5) is 0 Å². The molecule has 1 N–H and O–H groups in total. The molecule has 2 unspecified atom stereocenters. The smallest absolute Gasteiger partial charge is 0.138 e. The lowest BCUT2D eigenvalue weighted by Gasteiger charge is -2.24. The summed E-state index contributed by atoms with van der Waals surface area (Å²) in [6.07, 6.45) is 10.1. The third-order valence-corrected chi connectivity index (χ3v) is 2.87. The molecule has 2 heteroatoms. The lowest BCUT2D eigenvalue weighted by molar-refractivity contribution is 0.194. The number of rotatable bonds is 1. The monoisotopic (exact) mass is 205 g/mol. The second-order valence-electron chi connectivity index (χ2n) is 4.20. The van der Waals surface area contributed by atoms with E-state index in [1.54, 1.807) is 0 Å². The molecule has 2 aliphatic rings. The molecule has 0 spiro atoms. The fraction of sp³-hybridized carbons (Fsp3) is 0.538. The van der Waals surface area contributed by atoms with Gasteiger partial charge in [0, 0.05) is 6.54 Å². The number of morpholine rings is 1. The maximum absolute atomic E-state index is 5.69. The number of ether oxygens (including phenoxy) is 1. The zero-order valence-corrected chi connectivity index (χ0v) is 9.49. The Kier molecular flexibility index (Phi) is 3.14. The molecule has 1 aliphatic heterocycles. The van der Waals surface area contributed by atoms with E-state index in [4.69, 9.17) is 4.74 Å². The summed E-state index contributed by atoms with van der Waals surface area (Å²) >= 11 is 0.